The van der Waals surface area contributed by atoms with Gasteiger partial charge in [-0.25, -0.2) is 14.6 Å². The molecule has 3 saturated heterocycles. The molecule has 3 fully saturated rings. The van der Waals surface area contributed by atoms with Gasteiger partial charge in [0.15, 0.2) is 23.8 Å². The number of Topliss-reactive ketones (excluding diaryl/α,β-unsaturated/α-hetero) is 2. The Labute approximate surface area is 395 Å². The van der Waals surface area contributed by atoms with Crippen LogP contribution in [0, 0.1) is 23.7 Å². The first-order valence-electron chi connectivity index (χ1n) is 23.8. The number of rotatable bonds is 14. The number of imidazole rings is 1. The van der Waals surface area contributed by atoms with Gasteiger partial charge in [-0.1, -0.05) is 45.9 Å². The number of carbonyl (C=O) groups is 5. The highest BCUT2D eigenvalue weighted by molar-refractivity contribution is 6.00. The van der Waals surface area contributed by atoms with Crippen LogP contribution >= 0.6 is 0 Å². The number of carbonyl (C=O) groups excluding carboxylic acids is 5. The van der Waals surface area contributed by atoms with E-state index in [0.29, 0.717) is 37.8 Å². The summed E-state index contributed by atoms with van der Waals surface area (Å²) in [4.78, 5) is 84.2. The SMILES string of the molecule is CCC1C(=O)[C@H](C)C[C@](C)(OC)[C@H](OC2O[C@H](C)C[C@H](N(C)C)[C@H]2OC(=O)c2ccccc2)[C@@H](C)C(=O)[C@@H](C)C(=O)O[C@H](CC)[C@@]2(C)OC(=O)N(CCCCn3cnc(-c4cccnc4)c3)[C@H]12. The molecular formula is C51H71N5O11. The Kier molecular flexibility index (Phi) is 16.8. The van der Waals surface area contributed by atoms with Crippen molar-refractivity contribution in [1.29, 1.82) is 0 Å². The molecule has 0 saturated carbocycles. The van der Waals surface area contributed by atoms with E-state index < -0.39 is 89.3 Å². The van der Waals surface area contributed by atoms with Crippen molar-refractivity contribution in [2.75, 3.05) is 27.7 Å². The lowest BCUT2D eigenvalue weighted by Gasteiger charge is -2.48. The van der Waals surface area contributed by atoms with Crippen LogP contribution in [0.1, 0.15) is 104 Å². The number of amides is 1. The standard InChI is InChI=1S/C51H71N5O11/c1-12-37-41(57)31(3)27-50(7,62-11)45(66-48-43(39(54(9)10)26-32(4)63-48)65-47(60)35-20-15-14-16-21-35)33(5)42(58)34(6)46(59)64-40(13-2)51(8)44(37)56(49(61)67-51)25-18-17-24-55-29-38(53-30-55)36-22-19-23-52-28-36/h14-16,19-23,28-34,37,39-40,43-45,48H,12-13,17-18,24-27H2,1-11H3/t31-,32-,33+,34-,37?,39+,40-,43-,44-,45-,48?,50+,51-/m1/s1. The fraction of sp³-hybridized carbons (Fsp3) is 0.627. The first-order valence-corrected chi connectivity index (χ1v) is 23.8. The molecule has 3 aromatic rings. The van der Waals surface area contributed by atoms with Crippen molar-refractivity contribution < 1.29 is 52.4 Å². The molecule has 3 aliphatic rings. The van der Waals surface area contributed by atoms with Crippen LogP contribution in [0.25, 0.3) is 11.3 Å². The predicted molar refractivity (Wildman–Crippen MR) is 249 cm³/mol. The number of pyridine rings is 1. The minimum atomic E-state index is -1.43. The van der Waals surface area contributed by atoms with Crippen molar-refractivity contribution in [3.63, 3.8) is 0 Å². The molecule has 5 heterocycles. The summed E-state index contributed by atoms with van der Waals surface area (Å²) in [6, 6.07) is 11.3. The van der Waals surface area contributed by atoms with Crippen LogP contribution in [0.15, 0.2) is 67.4 Å². The molecule has 13 atom stereocenters. The molecule has 16 heteroatoms. The highest BCUT2D eigenvalue weighted by atomic mass is 16.7. The lowest BCUT2D eigenvalue weighted by atomic mass is 9.72. The molecule has 0 bridgehead atoms. The van der Waals surface area contributed by atoms with Gasteiger partial charge in [0.1, 0.15) is 17.8 Å². The van der Waals surface area contributed by atoms with Gasteiger partial charge >= 0.3 is 18.0 Å². The van der Waals surface area contributed by atoms with Crippen molar-refractivity contribution in [2.45, 2.75) is 154 Å². The van der Waals surface area contributed by atoms with E-state index in [4.69, 9.17) is 28.4 Å². The molecule has 366 valence electrons. The molecule has 1 aromatic carbocycles. The zero-order valence-electron chi connectivity index (χ0n) is 41.1. The molecule has 2 unspecified atom stereocenters. The quantitative estimate of drug-likeness (QED) is 0.0687. The van der Waals surface area contributed by atoms with Crippen molar-refractivity contribution >= 4 is 29.6 Å². The fourth-order valence-electron chi connectivity index (χ4n) is 10.5. The minimum absolute atomic E-state index is 0.0924. The first-order chi connectivity index (χ1) is 31.9. The zero-order chi connectivity index (χ0) is 48.8. The minimum Gasteiger partial charge on any atom is -0.458 e. The molecule has 0 radical (unpaired) electrons. The lowest BCUT2D eigenvalue weighted by Crippen LogP contribution is -2.61. The first kappa shape index (κ1) is 51.4. The number of fused-ring (bicyclic) bond motifs is 1. The highest BCUT2D eigenvalue weighted by Gasteiger charge is 2.61. The summed E-state index contributed by atoms with van der Waals surface area (Å²) in [5.74, 6) is -5.70. The van der Waals surface area contributed by atoms with E-state index in [1.54, 1.807) is 68.7 Å². The highest BCUT2D eigenvalue weighted by Crippen LogP contribution is 2.44. The van der Waals surface area contributed by atoms with E-state index in [2.05, 4.69) is 9.97 Å². The maximum absolute atomic E-state index is 15.2. The summed E-state index contributed by atoms with van der Waals surface area (Å²) in [5, 5.41) is 0. The van der Waals surface area contributed by atoms with Crippen molar-refractivity contribution in [1.82, 2.24) is 24.3 Å². The molecule has 0 spiro atoms. The number of ketones is 2. The van der Waals surface area contributed by atoms with E-state index in [0.717, 1.165) is 11.3 Å². The van der Waals surface area contributed by atoms with E-state index in [-0.39, 0.29) is 37.3 Å². The van der Waals surface area contributed by atoms with Gasteiger partial charge in [-0.3, -0.25) is 19.4 Å². The Morgan fingerprint density at radius 1 is 0.940 bits per heavy atom. The summed E-state index contributed by atoms with van der Waals surface area (Å²) >= 11 is 0. The van der Waals surface area contributed by atoms with E-state index >= 15 is 4.79 Å². The number of benzene rings is 1. The van der Waals surface area contributed by atoms with E-state index in [1.165, 1.54) is 14.0 Å². The van der Waals surface area contributed by atoms with Gasteiger partial charge in [0, 0.05) is 62.1 Å². The monoisotopic (exact) mass is 930 g/mol. The number of methoxy groups -OCH3 is 1. The number of aryl methyl sites for hydroxylation is 1. The number of aromatic nitrogens is 3. The Balaban J connectivity index is 1.32. The van der Waals surface area contributed by atoms with Gasteiger partial charge in [0.05, 0.1) is 47.5 Å². The second kappa shape index (κ2) is 21.9. The summed E-state index contributed by atoms with van der Waals surface area (Å²) in [6.07, 6.45) is 4.54. The third kappa shape index (κ3) is 11.1. The third-order valence-electron chi connectivity index (χ3n) is 14.3. The van der Waals surface area contributed by atoms with Crippen molar-refractivity contribution in [3.05, 3.63) is 72.9 Å². The molecule has 0 N–H and O–H groups in total. The fourth-order valence-corrected chi connectivity index (χ4v) is 10.5. The Morgan fingerprint density at radius 3 is 2.30 bits per heavy atom. The number of unbranched alkanes of at least 4 members (excludes halogenated alkanes) is 1. The number of ether oxygens (including phenoxy) is 6. The van der Waals surface area contributed by atoms with Gasteiger partial charge in [-0.15, -0.1) is 0 Å². The normalized spacial score (nSPS) is 33.2. The molecule has 1 amide bonds. The van der Waals surface area contributed by atoms with Crippen LogP contribution in [0.3, 0.4) is 0 Å². The second-order valence-electron chi connectivity index (χ2n) is 19.3. The van der Waals surface area contributed by atoms with Gasteiger partial charge in [0.25, 0.3) is 0 Å². The molecule has 2 aromatic heterocycles. The zero-order valence-corrected chi connectivity index (χ0v) is 41.1. The Morgan fingerprint density at radius 2 is 1.66 bits per heavy atom. The molecule has 16 nitrogen and oxygen atoms in total. The Bertz CT molecular complexity index is 2170. The number of esters is 2. The van der Waals surface area contributed by atoms with Crippen LogP contribution in [0.4, 0.5) is 4.79 Å². The van der Waals surface area contributed by atoms with Gasteiger partial charge in [-0.2, -0.15) is 0 Å². The Hall–Kier alpha value is -5.03. The number of hydrogen-bond donors (Lipinski definition) is 0. The van der Waals surface area contributed by atoms with Gasteiger partial charge in [-0.05, 0) is 105 Å². The number of likely N-dealkylation sites (N-methyl/N-ethyl adjacent to an activating group) is 1. The number of nitrogens with zero attached hydrogens (tertiary/aromatic N) is 5. The number of hydrogen-bond acceptors (Lipinski definition) is 14. The van der Waals surface area contributed by atoms with Crippen LogP contribution < -0.4 is 0 Å². The van der Waals surface area contributed by atoms with Crippen LogP contribution in [0.5, 0.6) is 0 Å². The van der Waals surface area contributed by atoms with Crippen LogP contribution in [-0.2, 0) is 49.3 Å². The lowest BCUT2D eigenvalue weighted by molar-refractivity contribution is -0.294. The van der Waals surface area contributed by atoms with Gasteiger partial charge in [0.2, 0.25) is 0 Å². The molecular weight excluding hydrogens is 859 g/mol. The van der Waals surface area contributed by atoms with Crippen LogP contribution in [0.2, 0.25) is 0 Å². The number of cyclic esters (lactones) is 1. The summed E-state index contributed by atoms with van der Waals surface area (Å²) in [7, 11) is 5.28. The molecule has 0 aliphatic carbocycles. The third-order valence-corrected chi connectivity index (χ3v) is 14.3. The molecule has 3 aliphatic heterocycles. The average Bonchev–Trinajstić information content (AvgIpc) is 3.90. The summed E-state index contributed by atoms with van der Waals surface area (Å²) < 4.78 is 40.5. The molecule has 67 heavy (non-hydrogen) atoms. The van der Waals surface area contributed by atoms with E-state index in [1.807, 2.05) is 75.7 Å². The largest absolute Gasteiger partial charge is 0.458 e. The average molecular weight is 930 g/mol. The van der Waals surface area contributed by atoms with E-state index in [9.17, 15) is 19.2 Å². The predicted octanol–water partition coefficient (Wildman–Crippen LogP) is 7.18. The second-order valence-corrected chi connectivity index (χ2v) is 19.3. The van der Waals surface area contributed by atoms with Crippen molar-refractivity contribution in [2.24, 2.45) is 23.7 Å². The maximum atomic E-state index is 15.2. The topological polar surface area (TPSA) is 178 Å². The molecule has 6 rings (SSSR count). The van der Waals surface area contributed by atoms with Crippen LogP contribution in [-0.4, -0.2) is 136 Å². The summed E-state index contributed by atoms with van der Waals surface area (Å²) in [5.41, 5.74) is -0.705. The maximum Gasteiger partial charge on any atom is 0.410 e. The smallest absolute Gasteiger partial charge is 0.410 e. The summed E-state index contributed by atoms with van der Waals surface area (Å²) in [6.45, 7) is 15.1. The van der Waals surface area contributed by atoms with Crippen molar-refractivity contribution in [3.8, 4) is 11.3 Å². The van der Waals surface area contributed by atoms with Gasteiger partial charge < -0.3 is 42.8 Å².